The fourth-order valence-corrected chi connectivity index (χ4v) is 1.23. The van der Waals surface area contributed by atoms with Crippen LogP contribution < -0.4 is 0 Å². The first-order chi connectivity index (χ1) is 7.41. The molecular formula is C10H15N3O3. The summed E-state index contributed by atoms with van der Waals surface area (Å²) in [6, 6.07) is 1.68. The Morgan fingerprint density at radius 3 is 2.62 bits per heavy atom. The van der Waals surface area contributed by atoms with Crippen molar-refractivity contribution in [3.63, 3.8) is 0 Å². The smallest absolute Gasteiger partial charge is 0.305 e. The van der Waals surface area contributed by atoms with E-state index in [9.17, 15) is 9.59 Å². The average molecular weight is 225 g/mol. The molecule has 1 N–H and O–H groups in total. The second kappa shape index (κ2) is 4.78. The third kappa shape index (κ3) is 2.82. The van der Waals surface area contributed by atoms with Crippen LogP contribution in [0.5, 0.6) is 0 Å². The van der Waals surface area contributed by atoms with Gasteiger partial charge in [0.2, 0.25) is 0 Å². The number of aromatic nitrogens is 2. The highest BCUT2D eigenvalue weighted by Gasteiger charge is 2.16. The number of amides is 1. The van der Waals surface area contributed by atoms with Crippen molar-refractivity contribution in [2.45, 2.75) is 13.3 Å². The maximum absolute atomic E-state index is 11.8. The van der Waals surface area contributed by atoms with Crippen molar-refractivity contribution in [3.8, 4) is 0 Å². The van der Waals surface area contributed by atoms with Crippen LogP contribution in [-0.4, -0.2) is 45.3 Å². The molecule has 6 heteroatoms. The van der Waals surface area contributed by atoms with Crippen molar-refractivity contribution in [1.29, 1.82) is 0 Å². The van der Waals surface area contributed by atoms with Gasteiger partial charge in [0.1, 0.15) is 0 Å². The molecule has 1 aromatic heterocycles. The zero-order chi connectivity index (χ0) is 12.3. The molecule has 0 atom stereocenters. The summed E-state index contributed by atoms with van der Waals surface area (Å²) in [5.74, 6) is -1.18. The average Bonchev–Trinajstić information content (AvgIpc) is 2.54. The van der Waals surface area contributed by atoms with Gasteiger partial charge in [0.05, 0.1) is 6.42 Å². The Balaban J connectivity index is 2.66. The molecule has 0 unspecified atom stereocenters. The zero-order valence-corrected chi connectivity index (χ0v) is 9.60. The lowest BCUT2D eigenvalue weighted by molar-refractivity contribution is -0.137. The predicted octanol–water partition coefficient (Wildman–Crippen LogP) is 0.275. The number of carbonyl (C=O) groups excluding carboxylic acids is 1. The molecule has 0 saturated heterocycles. The van der Waals surface area contributed by atoms with Gasteiger partial charge in [-0.2, -0.15) is 5.10 Å². The molecule has 88 valence electrons. The number of hydrogen-bond acceptors (Lipinski definition) is 3. The number of nitrogens with zero attached hydrogens (tertiary/aromatic N) is 3. The Bertz CT molecular complexity index is 392. The standard InChI is InChI=1S/C10H15N3O3/c1-7-6-8(11-13(7)3)10(16)12(2)5-4-9(14)15/h6H,4-5H2,1-3H3,(H,14,15). The molecule has 16 heavy (non-hydrogen) atoms. The van der Waals surface area contributed by atoms with E-state index < -0.39 is 5.97 Å². The minimum atomic E-state index is -0.920. The molecule has 0 fully saturated rings. The van der Waals surface area contributed by atoms with E-state index in [4.69, 9.17) is 5.11 Å². The molecule has 0 aromatic carbocycles. The van der Waals surface area contributed by atoms with Crippen LogP contribution in [0, 0.1) is 6.92 Å². The van der Waals surface area contributed by atoms with Gasteiger partial charge >= 0.3 is 5.97 Å². The number of carbonyl (C=O) groups is 2. The van der Waals surface area contributed by atoms with Crippen LogP contribution in [0.25, 0.3) is 0 Å². The SMILES string of the molecule is Cc1cc(C(=O)N(C)CCC(=O)O)nn1C. The summed E-state index contributed by atoms with van der Waals surface area (Å²) in [5, 5.41) is 12.5. The van der Waals surface area contributed by atoms with Gasteiger partial charge in [-0.1, -0.05) is 0 Å². The molecule has 1 amide bonds. The normalized spacial score (nSPS) is 10.2. The van der Waals surface area contributed by atoms with Gasteiger partial charge in [-0.05, 0) is 13.0 Å². The lowest BCUT2D eigenvalue weighted by Gasteiger charge is -2.13. The number of carboxylic acids is 1. The van der Waals surface area contributed by atoms with Gasteiger partial charge in [-0.15, -0.1) is 0 Å². The lowest BCUT2D eigenvalue weighted by atomic mass is 10.3. The number of aryl methyl sites for hydroxylation is 2. The highest BCUT2D eigenvalue weighted by Crippen LogP contribution is 2.04. The van der Waals surface area contributed by atoms with Crippen LogP contribution in [0.1, 0.15) is 22.6 Å². The fraction of sp³-hybridized carbons (Fsp3) is 0.500. The Morgan fingerprint density at radius 2 is 2.19 bits per heavy atom. The summed E-state index contributed by atoms with van der Waals surface area (Å²) in [7, 11) is 3.32. The second-order valence-electron chi connectivity index (χ2n) is 3.67. The number of carboxylic acid groups (broad SMARTS) is 1. The fourth-order valence-electron chi connectivity index (χ4n) is 1.23. The number of rotatable bonds is 4. The predicted molar refractivity (Wildman–Crippen MR) is 57.2 cm³/mol. The highest BCUT2D eigenvalue weighted by molar-refractivity contribution is 5.92. The second-order valence-corrected chi connectivity index (χ2v) is 3.67. The van der Waals surface area contributed by atoms with Crippen LogP contribution in [-0.2, 0) is 11.8 Å². The topological polar surface area (TPSA) is 75.4 Å². The van der Waals surface area contributed by atoms with Gasteiger partial charge in [0.15, 0.2) is 5.69 Å². The first-order valence-electron chi connectivity index (χ1n) is 4.89. The summed E-state index contributed by atoms with van der Waals surface area (Å²) in [6.07, 6.45) is -0.0615. The minimum absolute atomic E-state index is 0.0615. The van der Waals surface area contributed by atoms with Crippen molar-refractivity contribution in [2.24, 2.45) is 7.05 Å². The van der Waals surface area contributed by atoms with Crippen LogP contribution >= 0.6 is 0 Å². The monoisotopic (exact) mass is 225 g/mol. The zero-order valence-electron chi connectivity index (χ0n) is 9.60. The molecule has 0 saturated carbocycles. The molecular weight excluding hydrogens is 210 g/mol. The number of hydrogen-bond donors (Lipinski definition) is 1. The molecule has 1 aromatic rings. The number of aliphatic carboxylic acids is 1. The van der Waals surface area contributed by atoms with Crippen LogP contribution in [0.4, 0.5) is 0 Å². The Hall–Kier alpha value is -1.85. The largest absolute Gasteiger partial charge is 0.481 e. The molecule has 0 bridgehead atoms. The summed E-state index contributed by atoms with van der Waals surface area (Å²) in [4.78, 5) is 23.5. The maximum atomic E-state index is 11.8. The van der Waals surface area contributed by atoms with E-state index in [0.29, 0.717) is 5.69 Å². The van der Waals surface area contributed by atoms with E-state index in [1.807, 2.05) is 6.92 Å². The van der Waals surface area contributed by atoms with Crippen molar-refractivity contribution in [1.82, 2.24) is 14.7 Å². The summed E-state index contributed by atoms with van der Waals surface area (Å²) in [6.45, 7) is 2.03. The third-order valence-electron chi connectivity index (χ3n) is 2.34. The Kier molecular flexibility index (Phi) is 3.65. The van der Waals surface area contributed by atoms with Crippen molar-refractivity contribution >= 4 is 11.9 Å². The van der Waals surface area contributed by atoms with E-state index in [1.54, 1.807) is 24.8 Å². The molecule has 0 aliphatic carbocycles. The summed E-state index contributed by atoms with van der Waals surface area (Å²) >= 11 is 0. The summed E-state index contributed by atoms with van der Waals surface area (Å²) in [5.41, 5.74) is 1.22. The van der Waals surface area contributed by atoms with E-state index in [-0.39, 0.29) is 18.9 Å². The van der Waals surface area contributed by atoms with Gasteiger partial charge in [-0.3, -0.25) is 14.3 Å². The van der Waals surface area contributed by atoms with Crippen molar-refractivity contribution in [2.75, 3.05) is 13.6 Å². The van der Waals surface area contributed by atoms with Gasteiger partial charge in [-0.25, -0.2) is 0 Å². The summed E-state index contributed by atoms with van der Waals surface area (Å²) < 4.78 is 1.61. The minimum Gasteiger partial charge on any atom is -0.481 e. The lowest BCUT2D eigenvalue weighted by Crippen LogP contribution is -2.29. The van der Waals surface area contributed by atoms with Gasteiger partial charge in [0.25, 0.3) is 5.91 Å². The highest BCUT2D eigenvalue weighted by atomic mass is 16.4. The molecule has 1 heterocycles. The van der Waals surface area contributed by atoms with Crippen molar-refractivity contribution < 1.29 is 14.7 Å². The van der Waals surface area contributed by atoms with E-state index in [0.717, 1.165) is 5.69 Å². The first kappa shape index (κ1) is 12.2. The molecule has 6 nitrogen and oxygen atoms in total. The third-order valence-corrected chi connectivity index (χ3v) is 2.34. The van der Waals surface area contributed by atoms with E-state index in [1.165, 1.54) is 4.90 Å². The molecule has 0 spiro atoms. The Morgan fingerprint density at radius 1 is 1.56 bits per heavy atom. The molecule has 0 aliphatic heterocycles. The van der Waals surface area contributed by atoms with E-state index >= 15 is 0 Å². The van der Waals surface area contributed by atoms with Crippen LogP contribution in [0.15, 0.2) is 6.07 Å². The molecule has 0 aliphatic rings. The van der Waals surface area contributed by atoms with Crippen LogP contribution in [0.2, 0.25) is 0 Å². The van der Waals surface area contributed by atoms with Crippen molar-refractivity contribution in [3.05, 3.63) is 17.5 Å². The quantitative estimate of drug-likeness (QED) is 0.798. The maximum Gasteiger partial charge on any atom is 0.305 e. The Labute approximate surface area is 93.5 Å². The first-order valence-corrected chi connectivity index (χ1v) is 4.89. The van der Waals surface area contributed by atoms with Gasteiger partial charge in [0, 0.05) is 26.3 Å². The van der Waals surface area contributed by atoms with Crippen LogP contribution in [0.3, 0.4) is 0 Å². The van der Waals surface area contributed by atoms with Gasteiger partial charge < -0.3 is 10.0 Å². The van der Waals surface area contributed by atoms with E-state index in [2.05, 4.69) is 5.10 Å². The molecule has 0 radical (unpaired) electrons. The molecule has 1 rings (SSSR count).